The van der Waals surface area contributed by atoms with E-state index in [0.29, 0.717) is 10.8 Å². The van der Waals surface area contributed by atoms with Crippen molar-refractivity contribution in [1.82, 2.24) is 20.2 Å². The van der Waals surface area contributed by atoms with Crippen molar-refractivity contribution in [3.63, 3.8) is 0 Å². The molecule has 1 spiro atoms. The van der Waals surface area contributed by atoms with Crippen LogP contribution in [0.3, 0.4) is 0 Å². The van der Waals surface area contributed by atoms with Gasteiger partial charge in [-0.1, -0.05) is 6.07 Å². The number of aromatic nitrogens is 2. The number of hydrogen-bond donors (Lipinski definition) is 2. The van der Waals surface area contributed by atoms with Gasteiger partial charge in [-0.25, -0.2) is 13.3 Å². The highest BCUT2D eigenvalue weighted by molar-refractivity contribution is 5.93. The summed E-state index contributed by atoms with van der Waals surface area (Å²) in [6, 6.07) is 5.65. The molecule has 2 N–H and O–H groups in total. The highest BCUT2D eigenvalue weighted by atomic mass is 19.3. The highest BCUT2D eigenvalue weighted by Gasteiger charge is 2.70. The van der Waals surface area contributed by atoms with Crippen molar-refractivity contribution < 1.29 is 13.6 Å². The van der Waals surface area contributed by atoms with Crippen LogP contribution < -0.4 is 10.6 Å². The van der Waals surface area contributed by atoms with Crippen LogP contribution in [0.2, 0.25) is 0 Å². The Morgan fingerprint density at radius 2 is 2.17 bits per heavy atom. The van der Waals surface area contributed by atoms with Gasteiger partial charge in [0.1, 0.15) is 0 Å². The summed E-state index contributed by atoms with van der Waals surface area (Å²) in [5.41, 5.74) is 3.27. The number of rotatable bonds is 7. The van der Waals surface area contributed by atoms with Gasteiger partial charge in [0.25, 0.3) is 12.3 Å². The first-order chi connectivity index (χ1) is 14.5. The fourth-order valence-corrected chi connectivity index (χ4v) is 7.80. The molecule has 4 aliphatic carbocycles. The molecule has 7 heteroatoms. The molecular weight excluding hydrogens is 386 g/mol. The maximum Gasteiger partial charge on any atom is 0.272 e. The fraction of sp³-hybridized carbons (Fsp3) is 0.652. The number of carbonyl (C=O) groups excluding carboxylic acids is 1. The molecule has 0 radical (unpaired) electrons. The van der Waals surface area contributed by atoms with Gasteiger partial charge in [-0.15, -0.1) is 0 Å². The number of pyridine rings is 1. The van der Waals surface area contributed by atoms with Crippen molar-refractivity contribution >= 4 is 11.4 Å². The third-order valence-electron chi connectivity index (χ3n) is 8.64. The standard InChI is InChI=1S/C23H28F2N4O/c24-20(25)11-27-21(30)18-6-19-15(2-1-3-29(19)28-18)10-26-13-22-7-14-4-16-5-17(9-22)23(16,8-14)12-22/h1-3,6,14,16-17,20,26H,4-5,7-13H2,(H,27,30). The highest BCUT2D eigenvalue weighted by Crippen LogP contribution is 2.78. The van der Waals surface area contributed by atoms with Crippen LogP contribution in [0.15, 0.2) is 24.4 Å². The Labute approximate surface area is 174 Å². The van der Waals surface area contributed by atoms with Crippen molar-refractivity contribution in [3.8, 4) is 0 Å². The van der Waals surface area contributed by atoms with Crippen LogP contribution in [0.5, 0.6) is 0 Å². The number of carbonyl (C=O) groups is 1. The Kier molecular flexibility index (Phi) is 4.05. The van der Waals surface area contributed by atoms with Crippen LogP contribution in [-0.4, -0.2) is 35.0 Å². The lowest BCUT2D eigenvalue weighted by Crippen LogP contribution is -2.42. The summed E-state index contributed by atoms with van der Waals surface area (Å²) in [4.78, 5) is 12.1. The lowest BCUT2D eigenvalue weighted by atomic mass is 9.55. The summed E-state index contributed by atoms with van der Waals surface area (Å²) in [6.07, 6.45) is 7.88. The maximum absolute atomic E-state index is 12.4. The van der Waals surface area contributed by atoms with E-state index in [2.05, 4.69) is 15.7 Å². The van der Waals surface area contributed by atoms with Gasteiger partial charge in [-0.05, 0) is 84.8 Å². The Balaban J connectivity index is 1.14. The van der Waals surface area contributed by atoms with Gasteiger partial charge in [0.05, 0.1) is 12.1 Å². The first-order valence-corrected chi connectivity index (χ1v) is 11.2. The third kappa shape index (κ3) is 2.74. The second-order valence-corrected chi connectivity index (χ2v) is 10.4. The molecule has 5 nitrogen and oxygen atoms in total. The summed E-state index contributed by atoms with van der Waals surface area (Å²) in [5, 5.41) is 10.2. The first kappa shape index (κ1) is 18.7. The van der Waals surface area contributed by atoms with Crippen LogP contribution in [0, 0.1) is 28.6 Å². The third-order valence-corrected chi connectivity index (χ3v) is 8.64. The molecule has 4 saturated carbocycles. The van der Waals surface area contributed by atoms with Gasteiger partial charge in [0, 0.05) is 19.3 Å². The number of alkyl halides is 2. The minimum absolute atomic E-state index is 0.169. The molecule has 4 fully saturated rings. The maximum atomic E-state index is 12.4. The molecule has 6 rings (SSSR count). The molecule has 2 aromatic heterocycles. The van der Waals surface area contributed by atoms with Crippen LogP contribution >= 0.6 is 0 Å². The van der Waals surface area contributed by atoms with E-state index in [9.17, 15) is 13.6 Å². The minimum Gasteiger partial charge on any atom is -0.345 e. The summed E-state index contributed by atoms with van der Waals surface area (Å²) in [7, 11) is 0. The topological polar surface area (TPSA) is 58.4 Å². The quantitative estimate of drug-likeness (QED) is 0.727. The SMILES string of the molecule is O=C(NCC(F)F)c1cc2c(CNCC34CC5CC6CC(C3)C6(C5)C4)cccn2n1. The molecule has 0 saturated heterocycles. The number of amides is 1. The van der Waals surface area contributed by atoms with E-state index in [1.165, 1.54) is 38.5 Å². The van der Waals surface area contributed by atoms with Gasteiger partial charge >= 0.3 is 0 Å². The van der Waals surface area contributed by atoms with Crippen LogP contribution in [0.1, 0.15) is 54.6 Å². The molecule has 5 unspecified atom stereocenters. The van der Waals surface area contributed by atoms with Gasteiger partial charge in [-0.2, -0.15) is 5.10 Å². The summed E-state index contributed by atoms with van der Waals surface area (Å²) in [5.74, 6) is 2.38. The molecule has 3 bridgehead atoms. The monoisotopic (exact) mass is 414 g/mol. The van der Waals surface area contributed by atoms with Gasteiger partial charge in [0.15, 0.2) is 5.69 Å². The van der Waals surface area contributed by atoms with Crippen molar-refractivity contribution in [2.45, 2.75) is 51.5 Å². The van der Waals surface area contributed by atoms with E-state index in [4.69, 9.17) is 0 Å². The van der Waals surface area contributed by atoms with Crippen molar-refractivity contribution in [2.24, 2.45) is 28.6 Å². The zero-order valence-electron chi connectivity index (χ0n) is 17.0. The minimum atomic E-state index is -2.57. The van der Waals surface area contributed by atoms with Crippen molar-refractivity contribution in [2.75, 3.05) is 13.1 Å². The summed E-state index contributed by atoms with van der Waals surface area (Å²) in [6.45, 7) is 1.13. The number of nitrogens with one attached hydrogen (secondary N) is 2. The molecular formula is C23H28F2N4O. The Bertz CT molecular complexity index is 1000. The molecule has 160 valence electrons. The van der Waals surface area contributed by atoms with E-state index in [0.717, 1.165) is 41.9 Å². The van der Waals surface area contributed by atoms with Gasteiger partial charge in [-0.3, -0.25) is 4.79 Å². The number of fused-ring (bicyclic) bond motifs is 3. The summed E-state index contributed by atoms with van der Waals surface area (Å²) >= 11 is 0. The second-order valence-electron chi connectivity index (χ2n) is 10.4. The lowest BCUT2D eigenvalue weighted by molar-refractivity contribution is -0.00257. The Morgan fingerprint density at radius 3 is 3.03 bits per heavy atom. The molecule has 2 aromatic rings. The second kappa shape index (κ2) is 6.49. The van der Waals surface area contributed by atoms with Crippen LogP contribution in [0.4, 0.5) is 8.78 Å². The van der Waals surface area contributed by atoms with Crippen LogP contribution in [-0.2, 0) is 6.54 Å². The van der Waals surface area contributed by atoms with E-state index in [-0.39, 0.29) is 5.69 Å². The normalized spacial score (nSPS) is 35.8. The molecule has 1 amide bonds. The zero-order valence-corrected chi connectivity index (χ0v) is 17.0. The molecule has 5 atom stereocenters. The molecule has 2 heterocycles. The number of hydrogen-bond acceptors (Lipinski definition) is 3. The molecule has 4 aliphatic rings. The fourth-order valence-electron chi connectivity index (χ4n) is 7.80. The van der Waals surface area contributed by atoms with Crippen molar-refractivity contribution in [1.29, 1.82) is 0 Å². The molecule has 30 heavy (non-hydrogen) atoms. The Hall–Kier alpha value is -2.02. The zero-order chi connectivity index (χ0) is 20.5. The molecule has 0 aromatic carbocycles. The number of halogens is 2. The van der Waals surface area contributed by atoms with Crippen molar-refractivity contribution in [3.05, 3.63) is 35.7 Å². The predicted molar refractivity (Wildman–Crippen MR) is 108 cm³/mol. The van der Waals surface area contributed by atoms with E-state index >= 15 is 0 Å². The summed E-state index contributed by atoms with van der Waals surface area (Å²) < 4.78 is 26.4. The smallest absolute Gasteiger partial charge is 0.272 e. The predicted octanol–water partition coefficient (Wildman–Crippen LogP) is 3.64. The lowest BCUT2D eigenvalue weighted by Gasteiger charge is -2.49. The average molecular weight is 415 g/mol. The van der Waals surface area contributed by atoms with Crippen LogP contribution in [0.25, 0.3) is 5.52 Å². The Morgan fingerprint density at radius 1 is 1.27 bits per heavy atom. The van der Waals surface area contributed by atoms with E-state index < -0.39 is 18.9 Å². The van der Waals surface area contributed by atoms with Gasteiger partial charge < -0.3 is 10.6 Å². The number of nitrogens with zero attached hydrogens (tertiary/aromatic N) is 2. The van der Waals surface area contributed by atoms with Gasteiger partial charge in [0.2, 0.25) is 0 Å². The average Bonchev–Trinajstić information content (AvgIpc) is 3.28. The van der Waals surface area contributed by atoms with E-state index in [1.807, 2.05) is 12.1 Å². The largest absolute Gasteiger partial charge is 0.345 e. The van der Waals surface area contributed by atoms with E-state index in [1.54, 1.807) is 16.8 Å². The molecule has 0 aliphatic heterocycles. The first-order valence-electron chi connectivity index (χ1n) is 11.2.